The molecule has 332 valence electrons. The van der Waals surface area contributed by atoms with Gasteiger partial charge in [-0.25, -0.2) is 28.6 Å². The highest BCUT2D eigenvalue weighted by Crippen LogP contribution is 2.61. The number of ether oxygens (including phenoxy) is 1. The third-order valence-electron chi connectivity index (χ3n) is 8.50. The van der Waals surface area contributed by atoms with E-state index < -0.39 is 84.4 Å². The number of anilines is 1. The molecular formula is C32H46N7O17P3S. The number of amides is 2. The van der Waals surface area contributed by atoms with Gasteiger partial charge in [-0.3, -0.25) is 32.5 Å². The van der Waals surface area contributed by atoms with Crippen molar-refractivity contribution in [2.24, 2.45) is 5.41 Å². The molecule has 2 unspecified atom stereocenters. The second-order valence-electron chi connectivity index (χ2n) is 13.8. The molecule has 10 N–H and O–H groups in total. The number of nitrogen functional groups attached to an aromatic ring is 1. The minimum atomic E-state index is -5.63. The molecule has 0 bridgehead atoms. The number of rotatable bonds is 23. The molecule has 0 radical (unpaired) electrons. The number of hydrogen-bond donors (Lipinski definition) is 10. The molecule has 1 aromatic carbocycles. The van der Waals surface area contributed by atoms with E-state index >= 15 is 0 Å². The molecule has 0 spiro atoms. The zero-order valence-electron chi connectivity index (χ0n) is 32.0. The van der Waals surface area contributed by atoms with Crippen molar-refractivity contribution in [1.82, 2.24) is 30.2 Å². The number of thiol groups is 1. The lowest BCUT2D eigenvalue weighted by atomic mass is 9.87. The average molecular weight is 926 g/mol. The molecule has 28 heteroatoms. The van der Waals surface area contributed by atoms with Crippen LogP contribution in [0, 0.1) is 5.41 Å². The lowest BCUT2D eigenvalue weighted by Gasteiger charge is -2.30. The van der Waals surface area contributed by atoms with Crippen molar-refractivity contribution in [3.05, 3.63) is 60.2 Å². The highest BCUT2D eigenvalue weighted by atomic mass is 32.1. The normalized spacial score (nSPS) is 21.1. The molecule has 1 saturated heterocycles. The first-order chi connectivity index (χ1) is 28.0. The first kappa shape index (κ1) is 49.2. The first-order valence-electron chi connectivity index (χ1n) is 17.8. The highest BCUT2D eigenvalue weighted by Gasteiger charge is 2.50. The molecule has 3 heterocycles. The highest BCUT2D eigenvalue weighted by molar-refractivity contribution is 7.80. The molecule has 2 amide bonds. The number of carbonyl (C=O) groups excluding carboxylic acids is 3. The van der Waals surface area contributed by atoms with Crippen molar-refractivity contribution < 1.29 is 80.5 Å². The van der Waals surface area contributed by atoms with Gasteiger partial charge in [-0.1, -0.05) is 50.3 Å². The SMILES string of the molecule is CC(C)(COP(=O)(O)OP(=O)(O)OC[C@H]1O[C@@H](n2cnc3c(N)nc(C(=O)C=CCCc4ccccc4)nc32)[C@H](O)[C@@H]1OP(=O)(O)O)[C@@H](O)C(=O)NCCC(=O)NCCS. The summed E-state index contributed by atoms with van der Waals surface area (Å²) >= 11 is 3.96. The van der Waals surface area contributed by atoms with Crippen LogP contribution in [0.4, 0.5) is 5.82 Å². The molecule has 7 atom stereocenters. The maximum absolute atomic E-state index is 13.0. The van der Waals surface area contributed by atoms with Crippen molar-refractivity contribution >= 4 is 70.7 Å². The van der Waals surface area contributed by atoms with Gasteiger partial charge in [-0.05, 0) is 24.5 Å². The van der Waals surface area contributed by atoms with Crippen molar-refractivity contribution in [3.63, 3.8) is 0 Å². The number of aliphatic hydroxyl groups is 2. The number of phosphoric acid groups is 3. The smallest absolute Gasteiger partial charge is 0.386 e. The second kappa shape index (κ2) is 21.1. The Morgan fingerprint density at radius 1 is 1.05 bits per heavy atom. The fraction of sp³-hybridized carbons (Fsp3) is 0.500. The van der Waals surface area contributed by atoms with Crippen LogP contribution >= 0.6 is 36.1 Å². The van der Waals surface area contributed by atoms with Crippen LogP contribution in [0.25, 0.3) is 11.2 Å². The maximum atomic E-state index is 13.0. The number of carbonyl (C=O) groups is 3. The predicted molar refractivity (Wildman–Crippen MR) is 212 cm³/mol. The molecule has 1 aliphatic heterocycles. The number of nitrogens with two attached hydrogens (primary N) is 1. The Morgan fingerprint density at radius 2 is 1.73 bits per heavy atom. The number of imidazole rings is 1. The first-order valence-corrected chi connectivity index (χ1v) is 23.0. The van der Waals surface area contributed by atoms with Gasteiger partial charge in [-0.15, -0.1) is 0 Å². The number of aliphatic hydroxyl groups excluding tert-OH is 2. The van der Waals surface area contributed by atoms with E-state index in [-0.39, 0.29) is 41.7 Å². The van der Waals surface area contributed by atoms with E-state index in [2.05, 4.69) is 42.5 Å². The fourth-order valence-electron chi connectivity index (χ4n) is 5.47. The van der Waals surface area contributed by atoms with E-state index in [4.69, 9.17) is 24.0 Å². The van der Waals surface area contributed by atoms with Crippen LogP contribution < -0.4 is 16.4 Å². The van der Waals surface area contributed by atoms with Gasteiger partial charge in [0.2, 0.25) is 23.4 Å². The monoisotopic (exact) mass is 925 g/mol. The summed E-state index contributed by atoms with van der Waals surface area (Å²) in [7, 11) is -16.6. The van der Waals surface area contributed by atoms with Crippen molar-refractivity contribution in [2.45, 2.75) is 63.8 Å². The molecule has 0 aliphatic carbocycles. The summed E-state index contributed by atoms with van der Waals surface area (Å²) in [6.45, 7) is 0.571. The maximum Gasteiger partial charge on any atom is 0.481 e. The summed E-state index contributed by atoms with van der Waals surface area (Å²) in [4.78, 5) is 89.1. The van der Waals surface area contributed by atoms with Crippen LogP contribution in [0.3, 0.4) is 0 Å². The average Bonchev–Trinajstić information content (AvgIpc) is 3.73. The molecular weight excluding hydrogens is 879 g/mol. The molecule has 2 aromatic heterocycles. The molecule has 4 rings (SSSR count). The van der Waals surface area contributed by atoms with Gasteiger partial charge >= 0.3 is 23.5 Å². The number of allylic oxidation sites excluding steroid dienone is 2. The molecule has 0 saturated carbocycles. The molecule has 24 nitrogen and oxygen atoms in total. The lowest BCUT2D eigenvalue weighted by Crippen LogP contribution is -2.46. The number of phosphoric ester groups is 3. The van der Waals surface area contributed by atoms with Gasteiger partial charge in [0, 0.05) is 30.7 Å². The van der Waals surface area contributed by atoms with Crippen molar-refractivity contribution in [2.75, 3.05) is 37.8 Å². The van der Waals surface area contributed by atoms with Gasteiger partial charge in [0.25, 0.3) is 0 Å². The lowest BCUT2D eigenvalue weighted by molar-refractivity contribution is -0.137. The molecule has 1 aliphatic rings. The van der Waals surface area contributed by atoms with Gasteiger partial charge in [0.05, 0.1) is 19.5 Å². The number of benzene rings is 1. The Kier molecular flexibility index (Phi) is 17.3. The Balaban J connectivity index is 1.41. The predicted octanol–water partition coefficient (Wildman–Crippen LogP) is 0.706. The van der Waals surface area contributed by atoms with Crippen LogP contribution in [0.5, 0.6) is 0 Å². The van der Waals surface area contributed by atoms with E-state index in [1.807, 2.05) is 30.3 Å². The number of nitrogens with zero attached hydrogens (tertiary/aromatic N) is 4. The summed E-state index contributed by atoms with van der Waals surface area (Å²) in [5, 5.41) is 26.5. The van der Waals surface area contributed by atoms with Gasteiger partial charge in [-0.2, -0.15) is 16.9 Å². The Labute approximate surface area is 347 Å². The van der Waals surface area contributed by atoms with Gasteiger partial charge < -0.3 is 50.9 Å². The van der Waals surface area contributed by atoms with Gasteiger partial charge in [0.15, 0.2) is 17.7 Å². The fourth-order valence-corrected chi connectivity index (χ4v) is 8.41. The number of fused-ring (bicyclic) bond motifs is 1. The largest absolute Gasteiger partial charge is 0.481 e. The quantitative estimate of drug-likeness (QED) is 0.0271. The second-order valence-corrected chi connectivity index (χ2v) is 18.4. The summed E-state index contributed by atoms with van der Waals surface area (Å²) in [6.07, 6.45) is -4.39. The minimum Gasteiger partial charge on any atom is -0.386 e. The third kappa shape index (κ3) is 14.3. The van der Waals surface area contributed by atoms with Crippen LogP contribution in [0.2, 0.25) is 0 Å². The molecule has 1 fully saturated rings. The van der Waals surface area contributed by atoms with Crippen LogP contribution in [-0.4, -0.2) is 123 Å². The van der Waals surface area contributed by atoms with Crippen LogP contribution in [0.15, 0.2) is 48.8 Å². The minimum absolute atomic E-state index is 0.0598. The number of hydrogen-bond acceptors (Lipinski definition) is 18. The summed E-state index contributed by atoms with van der Waals surface area (Å²) in [6, 6.07) is 9.52. The van der Waals surface area contributed by atoms with Crippen LogP contribution in [-0.2, 0) is 52.3 Å². The summed E-state index contributed by atoms with van der Waals surface area (Å²) in [5.74, 6) is -2.20. The molecule has 60 heavy (non-hydrogen) atoms. The summed E-state index contributed by atoms with van der Waals surface area (Å²) in [5.41, 5.74) is 5.25. The van der Waals surface area contributed by atoms with E-state index in [9.17, 15) is 57.9 Å². The van der Waals surface area contributed by atoms with E-state index in [0.717, 1.165) is 16.5 Å². The third-order valence-corrected chi connectivity index (χ3v) is 11.8. The summed E-state index contributed by atoms with van der Waals surface area (Å²) < 4.78 is 62.7. The van der Waals surface area contributed by atoms with E-state index in [1.165, 1.54) is 19.9 Å². The van der Waals surface area contributed by atoms with Crippen LogP contribution in [0.1, 0.15) is 49.1 Å². The van der Waals surface area contributed by atoms with Crippen molar-refractivity contribution in [3.8, 4) is 0 Å². The number of aromatic nitrogens is 4. The standard InChI is InChI=1S/C32H46N7O17P3S/c1-32(2,26(43)30(44)35-13-12-22(41)34-14-15-60)17-53-59(50,51)56-58(48,49)52-16-21-25(55-57(45,46)47)24(42)31(54-21)39-18-36-23-27(33)37-28(38-29(23)39)20(40)11-7-6-10-19-8-4-3-5-9-19/h3-5,7-9,11,18,21,24-26,31,42-43,60H,6,10,12-17H2,1-2H3,(H,34,41)(H,35,44)(H,48,49)(H,50,51)(H2,33,37,38)(H2,45,46,47)/t21-,24-,25-,26+,31-/m1/s1. The van der Waals surface area contributed by atoms with E-state index in [0.29, 0.717) is 25.1 Å². The number of aryl methyl sites for hydroxylation is 1. The van der Waals surface area contributed by atoms with Crippen molar-refractivity contribution in [1.29, 1.82) is 0 Å². The zero-order chi connectivity index (χ0) is 44.5. The molecule has 3 aromatic rings. The van der Waals surface area contributed by atoms with Gasteiger partial charge in [0.1, 0.15) is 29.9 Å². The van der Waals surface area contributed by atoms with E-state index in [1.54, 1.807) is 6.08 Å². The topological polar surface area (TPSA) is 364 Å². The number of nitrogens with one attached hydrogen (secondary N) is 2. The Morgan fingerprint density at radius 3 is 2.40 bits per heavy atom. The Hall–Kier alpha value is -3.48. The number of ketones is 1. The Bertz CT molecular complexity index is 2160. The zero-order valence-corrected chi connectivity index (χ0v) is 35.6.